The van der Waals surface area contributed by atoms with E-state index in [0.717, 1.165) is 42.0 Å². The Bertz CT molecular complexity index is 807. The zero-order chi connectivity index (χ0) is 16.4. The number of furan rings is 1. The number of hydrogen-bond acceptors (Lipinski definition) is 7. The number of hydrogen-bond donors (Lipinski definition) is 1. The molecule has 3 aromatic rings. The van der Waals surface area contributed by atoms with Crippen molar-refractivity contribution < 1.29 is 13.7 Å². The molecule has 0 aliphatic carbocycles. The summed E-state index contributed by atoms with van der Waals surface area (Å²) in [4.78, 5) is 9.04. The molecule has 1 fully saturated rings. The summed E-state index contributed by atoms with van der Waals surface area (Å²) < 4.78 is 16.2. The van der Waals surface area contributed by atoms with Gasteiger partial charge in [-0.15, -0.1) is 0 Å². The predicted molar refractivity (Wildman–Crippen MR) is 87.4 cm³/mol. The van der Waals surface area contributed by atoms with Crippen LogP contribution < -0.4 is 5.32 Å². The van der Waals surface area contributed by atoms with Gasteiger partial charge in [-0.05, 0) is 25.8 Å². The lowest BCUT2D eigenvalue weighted by Crippen LogP contribution is -2.19. The van der Waals surface area contributed by atoms with Crippen LogP contribution in [-0.2, 0) is 4.74 Å². The maximum absolute atomic E-state index is 5.62. The van der Waals surface area contributed by atoms with Crippen LogP contribution >= 0.6 is 0 Å². The van der Waals surface area contributed by atoms with Crippen molar-refractivity contribution in [3.05, 3.63) is 36.5 Å². The third-order valence-electron chi connectivity index (χ3n) is 3.99. The summed E-state index contributed by atoms with van der Waals surface area (Å²) in [6, 6.07) is 3.72. The summed E-state index contributed by atoms with van der Waals surface area (Å²) in [7, 11) is 0. The van der Waals surface area contributed by atoms with E-state index in [0.29, 0.717) is 18.3 Å². The van der Waals surface area contributed by atoms with Gasteiger partial charge in [-0.25, -0.2) is 9.97 Å². The largest absolute Gasteiger partial charge is 0.472 e. The Morgan fingerprint density at radius 3 is 3.04 bits per heavy atom. The third kappa shape index (κ3) is 3.03. The molecule has 0 amide bonds. The van der Waals surface area contributed by atoms with Gasteiger partial charge in [-0.2, -0.15) is 0 Å². The Morgan fingerprint density at radius 2 is 2.33 bits per heavy atom. The molecule has 0 radical (unpaired) electrons. The Labute approximate surface area is 139 Å². The Balaban J connectivity index is 1.64. The van der Waals surface area contributed by atoms with Crippen molar-refractivity contribution in [2.24, 2.45) is 0 Å². The molecule has 1 N–H and O–H groups in total. The molecule has 0 unspecified atom stereocenters. The molecule has 0 aromatic carbocycles. The van der Waals surface area contributed by atoms with Crippen LogP contribution in [0.25, 0.3) is 22.6 Å². The molecule has 7 nitrogen and oxygen atoms in total. The van der Waals surface area contributed by atoms with Crippen LogP contribution in [0.1, 0.15) is 18.5 Å². The Hall–Kier alpha value is -2.67. The van der Waals surface area contributed by atoms with Gasteiger partial charge in [0, 0.05) is 31.0 Å². The van der Waals surface area contributed by atoms with Crippen molar-refractivity contribution in [3.63, 3.8) is 0 Å². The lowest BCUT2D eigenvalue weighted by atomic mass is 10.1. The van der Waals surface area contributed by atoms with E-state index in [4.69, 9.17) is 13.7 Å². The predicted octanol–water partition coefficient (Wildman–Crippen LogP) is 3.29. The average Bonchev–Trinajstić information content (AvgIpc) is 3.35. The molecule has 124 valence electrons. The molecule has 1 saturated heterocycles. The van der Waals surface area contributed by atoms with E-state index in [9.17, 15) is 0 Å². The monoisotopic (exact) mass is 326 g/mol. The third-order valence-corrected chi connectivity index (χ3v) is 3.99. The first-order valence-corrected chi connectivity index (χ1v) is 7.98. The summed E-state index contributed by atoms with van der Waals surface area (Å²) in [5.41, 5.74) is 3.19. The number of ether oxygens (including phenoxy) is 1. The Morgan fingerprint density at radius 1 is 1.38 bits per heavy atom. The molecule has 24 heavy (non-hydrogen) atoms. The van der Waals surface area contributed by atoms with Crippen molar-refractivity contribution in [2.45, 2.75) is 25.9 Å². The molecule has 3 aromatic heterocycles. The number of nitrogens with zero attached hydrogens (tertiary/aromatic N) is 3. The van der Waals surface area contributed by atoms with Gasteiger partial charge in [0.25, 0.3) is 0 Å². The fraction of sp³-hybridized carbons (Fsp3) is 0.353. The normalized spacial score (nSPS) is 17.3. The molecule has 0 bridgehead atoms. The first-order valence-electron chi connectivity index (χ1n) is 7.98. The van der Waals surface area contributed by atoms with Gasteiger partial charge in [-0.3, -0.25) is 0 Å². The second-order valence-electron chi connectivity index (χ2n) is 5.82. The van der Waals surface area contributed by atoms with Gasteiger partial charge in [0.1, 0.15) is 0 Å². The first kappa shape index (κ1) is 14.9. The number of aromatic nitrogens is 3. The highest BCUT2D eigenvalue weighted by molar-refractivity contribution is 5.77. The van der Waals surface area contributed by atoms with Crippen molar-refractivity contribution in [1.82, 2.24) is 15.1 Å². The van der Waals surface area contributed by atoms with Gasteiger partial charge in [-0.1, -0.05) is 5.16 Å². The van der Waals surface area contributed by atoms with Gasteiger partial charge < -0.3 is 19.0 Å². The zero-order valence-electron chi connectivity index (χ0n) is 13.4. The quantitative estimate of drug-likeness (QED) is 0.770. The van der Waals surface area contributed by atoms with Crippen LogP contribution in [-0.4, -0.2) is 34.4 Å². The van der Waals surface area contributed by atoms with Crippen molar-refractivity contribution in [2.75, 3.05) is 18.5 Å². The molecular formula is C17H18N4O3. The summed E-state index contributed by atoms with van der Waals surface area (Å²) in [6.45, 7) is 3.41. The summed E-state index contributed by atoms with van der Waals surface area (Å²) >= 11 is 0. The summed E-state index contributed by atoms with van der Waals surface area (Å²) in [5.74, 6) is 1.19. The number of nitrogens with one attached hydrogen (secondary N) is 1. The van der Waals surface area contributed by atoms with E-state index in [1.54, 1.807) is 18.7 Å². The van der Waals surface area contributed by atoms with Crippen LogP contribution in [0, 0.1) is 6.92 Å². The maximum atomic E-state index is 5.62. The second-order valence-corrected chi connectivity index (χ2v) is 5.82. The fourth-order valence-corrected chi connectivity index (χ4v) is 2.77. The highest BCUT2D eigenvalue weighted by Gasteiger charge is 2.18. The van der Waals surface area contributed by atoms with E-state index >= 15 is 0 Å². The number of rotatable bonds is 5. The van der Waals surface area contributed by atoms with E-state index in [1.807, 2.05) is 19.1 Å². The zero-order valence-corrected chi connectivity index (χ0v) is 13.4. The molecule has 1 aliphatic rings. The molecule has 0 saturated carbocycles. The second kappa shape index (κ2) is 6.45. The van der Waals surface area contributed by atoms with Crippen molar-refractivity contribution in [3.8, 4) is 22.6 Å². The van der Waals surface area contributed by atoms with E-state index in [1.165, 1.54) is 0 Å². The SMILES string of the molecule is Cc1cc(-c2cnc(NC[C@H]3CCCO3)nc2-c2ccoc2)on1. The molecular weight excluding hydrogens is 308 g/mol. The van der Waals surface area contributed by atoms with E-state index in [2.05, 4.69) is 20.4 Å². The molecule has 4 heterocycles. The van der Waals surface area contributed by atoms with Crippen molar-refractivity contribution in [1.29, 1.82) is 0 Å². The van der Waals surface area contributed by atoms with Crippen LogP contribution in [0.4, 0.5) is 5.95 Å². The van der Waals surface area contributed by atoms with Gasteiger partial charge >= 0.3 is 0 Å². The van der Waals surface area contributed by atoms with Crippen LogP contribution in [0.3, 0.4) is 0 Å². The summed E-state index contributed by atoms with van der Waals surface area (Å²) in [6.07, 6.45) is 7.41. The highest BCUT2D eigenvalue weighted by atomic mass is 16.5. The standard InChI is InChI=1S/C17H18N4O3/c1-11-7-15(24-21-11)14-9-19-17(18-8-13-3-2-5-23-13)20-16(14)12-4-6-22-10-12/h4,6-7,9-10,13H,2-3,5,8H2,1H3,(H,18,19,20)/t13-/m1/s1. The van der Waals surface area contributed by atoms with Crippen LogP contribution in [0.2, 0.25) is 0 Å². The fourth-order valence-electron chi connectivity index (χ4n) is 2.77. The minimum absolute atomic E-state index is 0.225. The minimum atomic E-state index is 0.225. The topological polar surface area (TPSA) is 86.2 Å². The van der Waals surface area contributed by atoms with Gasteiger partial charge in [0.05, 0.1) is 35.6 Å². The first-order chi connectivity index (χ1) is 11.8. The minimum Gasteiger partial charge on any atom is -0.472 e. The molecule has 1 atom stereocenters. The molecule has 4 rings (SSSR count). The number of aryl methyl sites for hydroxylation is 1. The van der Waals surface area contributed by atoms with Crippen LogP contribution in [0.5, 0.6) is 0 Å². The van der Waals surface area contributed by atoms with E-state index < -0.39 is 0 Å². The molecule has 0 spiro atoms. The lowest BCUT2D eigenvalue weighted by molar-refractivity contribution is 0.120. The number of anilines is 1. The van der Waals surface area contributed by atoms with Gasteiger partial charge in [0.2, 0.25) is 5.95 Å². The lowest BCUT2D eigenvalue weighted by Gasteiger charge is -2.12. The van der Waals surface area contributed by atoms with Crippen LogP contribution in [0.15, 0.2) is 39.8 Å². The molecule has 7 heteroatoms. The van der Waals surface area contributed by atoms with Gasteiger partial charge in [0.15, 0.2) is 5.76 Å². The average molecular weight is 326 g/mol. The maximum Gasteiger partial charge on any atom is 0.223 e. The highest BCUT2D eigenvalue weighted by Crippen LogP contribution is 2.31. The van der Waals surface area contributed by atoms with E-state index in [-0.39, 0.29) is 6.10 Å². The molecule has 1 aliphatic heterocycles. The van der Waals surface area contributed by atoms with Crippen molar-refractivity contribution >= 4 is 5.95 Å². The smallest absolute Gasteiger partial charge is 0.223 e. The Kier molecular flexibility index (Phi) is 4.00. The summed E-state index contributed by atoms with van der Waals surface area (Å²) in [5, 5.41) is 7.19.